The van der Waals surface area contributed by atoms with Crippen LogP contribution in [0.3, 0.4) is 0 Å². The van der Waals surface area contributed by atoms with E-state index in [2.05, 4.69) is 12.2 Å². The van der Waals surface area contributed by atoms with E-state index >= 15 is 0 Å². The van der Waals surface area contributed by atoms with Crippen molar-refractivity contribution in [1.82, 2.24) is 5.06 Å². The molecule has 0 bridgehead atoms. The number of rotatable bonds is 7. The van der Waals surface area contributed by atoms with Crippen LogP contribution in [0.25, 0.3) is 0 Å². The molecule has 0 radical (unpaired) electrons. The quantitative estimate of drug-likeness (QED) is 0.774. The molecule has 1 N–H and O–H groups in total. The molecule has 0 aromatic heterocycles. The third-order valence-corrected chi connectivity index (χ3v) is 3.81. The molecule has 2 aromatic rings. The molecule has 25 heavy (non-hydrogen) atoms. The predicted molar refractivity (Wildman–Crippen MR) is 97.1 cm³/mol. The van der Waals surface area contributed by atoms with Crippen LogP contribution in [0.5, 0.6) is 11.5 Å². The van der Waals surface area contributed by atoms with Gasteiger partial charge in [0.25, 0.3) is 0 Å². The highest BCUT2D eigenvalue weighted by Crippen LogP contribution is 2.23. The average molecular weight is 344 g/mol. The molecule has 1 unspecified atom stereocenters. The summed E-state index contributed by atoms with van der Waals surface area (Å²) in [5, 5.41) is 3.84. The summed E-state index contributed by atoms with van der Waals surface area (Å²) in [5.41, 5.74) is 1.78. The first kappa shape index (κ1) is 18.6. The number of nitrogens with zero attached hydrogens (tertiary/aromatic N) is 1. The van der Waals surface area contributed by atoms with Crippen molar-refractivity contribution in [2.24, 2.45) is 0 Å². The molecule has 0 fully saturated rings. The number of urea groups is 1. The highest BCUT2D eigenvalue weighted by atomic mass is 16.7. The summed E-state index contributed by atoms with van der Waals surface area (Å²) in [6, 6.07) is 14.8. The number of carbonyl (C=O) groups is 1. The number of hydrogen-bond acceptors (Lipinski definition) is 4. The van der Waals surface area contributed by atoms with E-state index in [1.165, 1.54) is 14.2 Å². The van der Waals surface area contributed by atoms with Gasteiger partial charge in [0.15, 0.2) is 0 Å². The van der Waals surface area contributed by atoms with E-state index in [0.29, 0.717) is 18.0 Å². The summed E-state index contributed by atoms with van der Waals surface area (Å²) >= 11 is 0. The van der Waals surface area contributed by atoms with Gasteiger partial charge in [0, 0.05) is 24.7 Å². The summed E-state index contributed by atoms with van der Waals surface area (Å²) in [7, 11) is 4.62. The van der Waals surface area contributed by atoms with E-state index in [1.807, 2.05) is 36.4 Å². The van der Waals surface area contributed by atoms with Crippen molar-refractivity contribution in [3.8, 4) is 11.5 Å². The number of ether oxygens (including phenoxy) is 2. The molecule has 0 saturated carbocycles. The molecule has 6 heteroatoms. The van der Waals surface area contributed by atoms with Gasteiger partial charge >= 0.3 is 6.03 Å². The molecule has 134 valence electrons. The molecule has 1 atom stereocenters. The van der Waals surface area contributed by atoms with Gasteiger partial charge in [-0.3, -0.25) is 4.84 Å². The van der Waals surface area contributed by atoms with Gasteiger partial charge < -0.3 is 14.8 Å². The van der Waals surface area contributed by atoms with Crippen molar-refractivity contribution in [1.29, 1.82) is 0 Å². The summed E-state index contributed by atoms with van der Waals surface area (Å²) in [6.45, 7) is 2.61. The van der Waals surface area contributed by atoms with Crippen LogP contribution in [0.1, 0.15) is 18.4 Å². The molecule has 0 aliphatic rings. The number of nitrogens with one attached hydrogen (secondary N) is 1. The third kappa shape index (κ3) is 5.39. The molecular formula is C19H24N2O4. The first-order valence-corrected chi connectivity index (χ1v) is 7.99. The maximum absolute atomic E-state index is 11.8. The molecule has 6 nitrogen and oxygen atoms in total. The van der Waals surface area contributed by atoms with E-state index in [1.54, 1.807) is 19.2 Å². The van der Waals surface area contributed by atoms with E-state index in [9.17, 15) is 4.79 Å². The summed E-state index contributed by atoms with van der Waals surface area (Å²) in [6.07, 6.45) is 0. The number of methoxy groups -OCH3 is 1. The number of amides is 2. The largest absolute Gasteiger partial charge is 0.497 e. The fraction of sp³-hybridized carbons (Fsp3) is 0.316. The van der Waals surface area contributed by atoms with E-state index in [-0.39, 0.29) is 11.9 Å². The Bertz CT molecular complexity index is 705. The van der Waals surface area contributed by atoms with Crippen molar-refractivity contribution < 1.29 is 19.1 Å². The Hall–Kier alpha value is -2.73. The Labute approximate surface area is 148 Å². The summed E-state index contributed by atoms with van der Waals surface area (Å²) in [5.74, 6) is 1.72. The Morgan fingerprint density at radius 1 is 1.12 bits per heavy atom. The minimum absolute atomic E-state index is 0.202. The van der Waals surface area contributed by atoms with Gasteiger partial charge in [-0.05, 0) is 29.8 Å². The Kier molecular flexibility index (Phi) is 6.65. The molecule has 2 rings (SSSR count). The van der Waals surface area contributed by atoms with Gasteiger partial charge in [0.05, 0.1) is 20.8 Å². The summed E-state index contributed by atoms with van der Waals surface area (Å²) in [4.78, 5) is 16.6. The van der Waals surface area contributed by atoms with Crippen LogP contribution in [0.2, 0.25) is 0 Å². The number of carbonyl (C=O) groups excluding carboxylic acids is 1. The first-order valence-electron chi connectivity index (χ1n) is 7.99. The molecular weight excluding hydrogens is 320 g/mol. The van der Waals surface area contributed by atoms with Crippen LogP contribution in [0.4, 0.5) is 10.5 Å². The Morgan fingerprint density at radius 2 is 1.84 bits per heavy atom. The molecule has 2 amide bonds. The minimum atomic E-state index is -0.357. The van der Waals surface area contributed by atoms with Crippen molar-refractivity contribution >= 4 is 11.7 Å². The lowest BCUT2D eigenvalue weighted by atomic mass is 10.0. The van der Waals surface area contributed by atoms with Gasteiger partial charge in [0.1, 0.15) is 11.5 Å². The first-order chi connectivity index (χ1) is 12.0. The van der Waals surface area contributed by atoms with Crippen LogP contribution >= 0.6 is 0 Å². The second kappa shape index (κ2) is 8.94. The maximum Gasteiger partial charge on any atom is 0.345 e. The number of anilines is 1. The summed E-state index contributed by atoms with van der Waals surface area (Å²) < 4.78 is 11.1. The van der Waals surface area contributed by atoms with Gasteiger partial charge in [-0.15, -0.1) is 0 Å². The van der Waals surface area contributed by atoms with Crippen molar-refractivity contribution in [3.05, 3.63) is 54.1 Å². The third-order valence-electron chi connectivity index (χ3n) is 3.81. The zero-order valence-corrected chi connectivity index (χ0v) is 15.0. The lowest BCUT2D eigenvalue weighted by molar-refractivity contribution is -0.0598. The maximum atomic E-state index is 11.8. The van der Waals surface area contributed by atoms with Gasteiger partial charge in [-0.25, -0.2) is 9.86 Å². The van der Waals surface area contributed by atoms with Crippen LogP contribution < -0.4 is 14.8 Å². The molecule has 2 aromatic carbocycles. The average Bonchev–Trinajstić information content (AvgIpc) is 2.65. The highest BCUT2D eigenvalue weighted by molar-refractivity contribution is 5.88. The van der Waals surface area contributed by atoms with Crippen molar-refractivity contribution in [2.75, 3.05) is 33.2 Å². The Morgan fingerprint density at radius 3 is 2.56 bits per heavy atom. The monoisotopic (exact) mass is 344 g/mol. The van der Waals surface area contributed by atoms with E-state index < -0.39 is 0 Å². The van der Waals surface area contributed by atoms with Crippen LogP contribution in [0.15, 0.2) is 48.5 Å². The molecule has 0 saturated heterocycles. The number of benzene rings is 2. The van der Waals surface area contributed by atoms with Crippen LogP contribution in [-0.2, 0) is 4.84 Å². The van der Waals surface area contributed by atoms with Crippen LogP contribution in [0, 0.1) is 0 Å². The lowest BCUT2D eigenvalue weighted by Gasteiger charge is -2.16. The Balaban J connectivity index is 1.96. The predicted octanol–water partition coefficient (Wildman–Crippen LogP) is 3.90. The second-order valence-corrected chi connectivity index (χ2v) is 5.63. The van der Waals surface area contributed by atoms with E-state index in [0.717, 1.165) is 16.4 Å². The van der Waals surface area contributed by atoms with Gasteiger partial charge in [0.2, 0.25) is 0 Å². The minimum Gasteiger partial charge on any atom is -0.497 e. The molecule has 0 aliphatic heterocycles. The fourth-order valence-corrected chi connectivity index (χ4v) is 2.21. The van der Waals surface area contributed by atoms with Gasteiger partial charge in [-0.2, -0.15) is 0 Å². The smallest absolute Gasteiger partial charge is 0.345 e. The standard InChI is InChI=1S/C19H24N2O4/c1-14(15-7-5-9-17(11-15)23-3)13-25-18-10-6-8-16(12-18)20-19(22)21(2)24-4/h5-12,14H,13H2,1-4H3,(H,20,22). The zero-order valence-electron chi connectivity index (χ0n) is 15.0. The fourth-order valence-electron chi connectivity index (χ4n) is 2.21. The topological polar surface area (TPSA) is 60.0 Å². The second-order valence-electron chi connectivity index (χ2n) is 5.63. The lowest BCUT2D eigenvalue weighted by Crippen LogP contribution is -2.30. The number of hydrogen-bond donors (Lipinski definition) is 1. The normalized spacial score (nSPS) is 11.5. The van der Waals surface area contributed by atoms with Crippen molar-refractivity contribution in [3.63, 3.8) is 0 Å². The number of hydroxylamine groups is 2. The zero-order chi connectivity index (χ0) is 18.2. The molecule has 0 aliphatic carbocycles. The van der Waals surface area contributed by atoms with Crippen molar-refractivity contribution in [2.45, 2.75) is 12.8 Å². The highest BCUT2D eigenvalue weighted by Gasteiger charge is 2.10. The van der Waals surface area contributed by atoms with E-state index in [4.69, 9.17) is 14.3 Å². The molecule has 0 heterocycles. The van der Waals surface area contributed by atoms with Gasteiger partial charge in [-0.1, -0.05) is 25.1 Å². The molecule has 0 spiro atoms. The SMILES string of the molecule is COc1cccc(C(C)COc2cccc(NC(=O)N(C)OC)c2)c1. The van der Waals surface area contributed by atoms with Crippen LogP contribution in [-0.4, -0.2) is 39.0 Å².